The Bertz CT molecular complexity index is 231. The molecule has 0 aromatic carbocycles. The van der Waals surface area contributed by atoms with Crippen molar-refractivity contribution in [3.8, 4) is 0 Å². The summed E-state index contributed by atoms with van der Waals surface area (Å²) in [6.07, 6.45) is 12.3. The van der Waals surface area contributed by atoms with Gasteiger partial charge < -0.3 is 4.90 Å². The van der Waals surface area contributed by atoms with Crippen LogP contribution in [0.2, 0.25) is 0 Å². The fourth-order valence-electron chi connectivity index (χ4n) is 3.31. The SMILES string of the molecule is CN(C1CCCCCC1)C1CCCC(=O)C1. The summed E-state index contributed by atoms with van der Waals surface area (Å²) in [4.78, 5) is 14.0. The molecular formula is C14H25NO. The molecule has 0 spiro atoms. The topological polar surface area (TPSA) is 20.3 Å². The summed E-state index contributed by atoms with van der Waals surface area (Å²) in [5.74, 6) is 0.483. The first-order valence-corrected chi connectivity index (χ1v) is 7.01. The quantitative estimate of drug-likeness (QED) is 0.670. The molecule has 1 unspecified atom stereocenters. The molecule has 0 aromatic rings. The molecule has 2 rings (SSSR count). The van der Waals surface area contributed by atoms with Gasteiger partial charge in [0.2, 0.25) is 0 Å². The van der Waals surface area contributed by atoms with Crippen molar-refractivity contribution >= 4 is 5.78 Å². The highest BCUT2D eigenvalue weighted by molar-refractivity contribution is 5.79. The van der Waals surface area contributed by atoms with Crippen molar-refractivity contribution < 1.29 is 4.79 Å². The molecule has 0 radical (unpaired) electrons. The molecule has 0 heterocycles. The van der Waals surface area contributed by atoms with Crippen LogP contribution >= 0.6 is 0 Å². The van der Waals surface area contributed by atoms with E-state index in [1.165, 1.54) is 44.9 Å². The number of Topliss-reactive ketones (excluding diaryl/α,β-unsaturated/α-hetero) is 1. The van der Waals surface area contributed by atoms with E-state index in [2.05, 4.69) is 11.9 Å². The number of nitrogens with zero attached hydrogens (tertiary/aromatic N) is 1. The normalized spacial score (nSPS) is 29.4. The van der Waals surface area contributed by atoms with Crippen molar-refractivity contribution in [3.63, 3.8) is 0 Å². The molecule has 2 heteroatoms. The Morgan fingerprint density at radius 2 is 1.56 bits per heavy atom. The van der Waals surface area contributed by atoms with E-state index in [4.69, 9.17) is 0 Å². The van der Waals surface area contributed by atoms with E-state index >= 15 is 0 Å². The third kappa shape index (κ3) is 3.07. The monoisotopic (exact) mass is 223 g/mol. The van der Waals surface area contributed by atoms with Crippen LogP contribution in [0.5, 0.6) is 0 Å². The van der Waals surface area contributed by atoms with Crippen LogP contribution in [0.15, 0.2) is 0 Å². The minimum Gasteiger partial charge on any atom is -0.300 e. The third-order valence-electron chi connectivity index (χ3n) is 4.43. The van der Waals surface area contributed by atoms with Gasteiger partial charge in [-0.25, -0.2) is 0 Å². The van der Waals surface area contributed by atoms with Gasteiger partial charge in [-0.2, -0.15) is 0 Å². The molecule has 16 heavy (non-hydrogen) atoms. The molecule has 0 saturated heterocycles. The van der Waals surface area contributed by atoms with Crippen molar-refractivity contribution in [2.24, 2.45) is 0 Å². The van der Waals surface area contributed by atoms with Crippen molar-refractivity contribution in [3.05, 3.63) is 0 Å². The van der Waals surface area contributed by atoms with Gasteiger partial charge in [0.05, 0.1) is 0 Å². The van der Waals surface area contributed by atoms with Gasteiger partial charge in [-0.3, -0.25) is 4.79 Å². The molecular weight excluding hydrogens is 198 g/mol. The van der Waals surface area contributed by atoms with E-state index in [0.29, 0.717) is 11.8 Å². The number of carbonyl (C=O) groups excluding carboxylic acids is 1. The van der Waals surface area contributed by atoms with Gasteiger partial charge in [-0.15, -0.1) is 0 Å². The van der Waals surface area contributed by atoms with Gasteiger partial charge in [0, 0.05) is 24.9 Å². The number of ketones is 1. The molecule has 2 fully saturated rings. The molecule has 2 saturated carbocycles. The minimum absolute atomic E-state index is 0.483. The van der Waals surface area contributed by atoms with Crippen LogP contribution < -0.4 is 0 Å². The first-order valence-electron chi connectivity index (χ1n) is 7.01. The Balaban J connectivity index is 1.88. The Hall–Kier alpha value is -0.370. The summed E-state index contributed by atoms with van der Waals surface area (Å²) < 4.78 is 0. The minimum atomic E-state index is 0.483. The predicted octanol–water partition coefficient (Wildman–Crippen LogP) is 3.15. The molecule has 0 aliphatic heterocycles. The molecule has 0 N–H and O–H groups in total. The largest absolute Gasteiger partial charge is 0.300 e. The molecule has 2 aliphatic carbocycles. The highest BCUT2D eigenvalue weighted by Gasteiger charge is 2.27. The van der Waals surface area contributed by atoms with Gasteiger partial charge in [0.1, 0.15) is 5.78 Å². The number of rotatable bonds is 2. The first kappa shape index (κ1) is 12.1. The van der Waals surface area contributed by atoms with Gasteiger partial charge >= 0.3 is 0 Å². The van der Waals surface area contributed by atoms with E-state index in [9.17, 15) is 4.79 Å². The average molecular weight is 223 g/mol. The molecule has 2 aliphatic rings. The van der Waals surface area contributed by atoms with Crippen LogP contribution in [-0.4, -0.2) is 29.8 Å². The Labute approximate surface area is 99.4 Å². The zero-order valence-electron chi connectivity index (χ0n) is 10.6. The predicted molar refractivity (Wildman–Crippen MR) is 66.5 cm³/mol. The lowest BCUT2D eigenvalue weighted by Gasteiger charge is -2.36. The zero-order valence-corrected chi connectivity index (χ0v) is 10.6. The van der Waals surface area contributed by atoms with Gasteiger partial charge in [0.15, 0.2) is 0 Å². The maximum atomic E-state index is 11.5. The maximum Gasteiger partial charge on any atom is 0.134 e. The second-order valence-corrected chi connectivity index (χ2v) is 5.60. The van der Waals surface area contributed by atoms with Crippen LogP contribution in [-0.2, 0) is 4.79 Å². The first-order chi connectivity index (χ1) is 7.77. The van der Waals surface area contributed by atoms with Crippen LogP contribution in [0, 0.1) is 0 Å². The van der Waals surface area contributed by atoms with E-state index in [1.54, 1.807) is 0 Å². The Kier molecular flexibility index (Phi) is 4.39. The summed E-state index contributed by atoms with van der Waals surface area (Å²) >= 11 is 0. The fraction of sp³-hybridized carbons (Fsp3) is 0.929. The number of hydrogen-bond donors (Lipinski definition) is 0. The second-order valence-electron chi connectivity index (χ2n) is 5.60. The summed E-state index contributed by atoms with van der Waals surface area (Å²) in [5, 5.41) is 0. The molecule has 0 bridgehead atoms. The highest BCUT2D eigenvalue weighted by Crippen LogP contribution is 2.27. The summed E-state index contributed by atoms with van der Waals surface area (Å²) in [6, 6.07) is 1.29. The lowest BCUT2D eigenvalue weighted by molar-refractivity contribution is -0.122. The summed E-state index contributed by atoms with van der Waals surface area (Å²) in [7, 11) is 2.25. The molecule has 0 aromatic heterocycles. The maximum absolute atomic E-state index is 11.5. The van der Waals surface area contributed by atoms with E-state index in [0.717, 1.165) is 25.3 Å². The van der Waals surface area contributed by atoms with E-state index in [-0.39, 0.29) is 0 Å². The molecule has 0 amide bonds. The fourth-order valence-corrected chi connectivity index (χ4v) is 3.31. The second kappa shape index (κ2) is 5.81. The third-order valence-corrected chi connectivity index (χ3v) is 4.43. The molecule has 2 nitrogen and oxygen atoms in total. The highest BCUT2D eigenvalue weighted by atomic mass is 16.1. The van der Waals surface area contributed by atoms with Gasteiger partial charge in [-0.1, -0.05) is 25.7 Å². The lowest BCUT2D eigenvalue weighted by atomic mass is 9.91. The lowest BCUT2D eigenvalue weighted by Crippen LogP contribution is -2.42. The average Bonchev–Trinajstić information content (AvgIpc) is 2.56. The smallest absolute Gasteiger partial charge is 0.134 e. The standard InChI is InChI=1S/C14H25NO/c1-15(12-7-4-2-3-5-8-12)13-9-6-10-14(16)11-13/h12-13H,2-11H2,1H3. The summed E-state index contributed by atoms with van der Waals surface area (Å²) in [5.41, 5.74) is 0. The Morgan fingerprint density at radius 3 is 2.19 bits per heavy atom. The van der Waals surface area contributed by atoms with E-state index in [1.807, 2.05) is 0 Å². The molecule has 1 atom stereocenters. The van der Waals surface area contributed by atoms with Crippen LogP contribution in [0.4, 0.5) is 0 Å². The zero-order chi connectivity index (χ0) is 11.4. The number of hydrogen-bond acceptors (Lipinski definition) is 2. The van der Waals surface area contributed by atoms with Gasteiger partial charge in [-0.05, 0) is 32.7 Å². The van der Waals surface area contributed by atoms with E-state index < -0.39 is 0 Å². The Morgan fingerprint density at radius 1 is 0.938 bits per heavy atom. The molecule has 92 valence electrons. The number of carbonyl (C=O) groups is 1. The summed E-state index contributed by atoms with van der Waals surface area (Å²) in [6.45, 7) is 0. The van der Waals surface area contributed by atoms with Crippen LogP contribution in [0.3, 0.4) is 0 Å². The van der Waals surface area contributed by atoms with Crippen molar-refractivity contribution in [2.45, 2.75) is 76.3 Å². The van der Waals surface area contributed by atoms with Gasteiger partial charge in [0.25, 0.3) is 0 Å². The van der Waals surface area contributed by atoms with Crippen LogP contribution in [0.1, 0.15) is 64.2 Å². The van der Waals surface area contributed by atoms with Crippen molar-refractivity contribution in [1.29, 1.82) is 0 Å². The van der Waals surface area contributed by atoms with Crippen molar-refractivity contribution in [1.82, 2.24) is 4.90 Å². The van der Waals surface area contributed by atoms with Crippen molar-refractivity contribution in [2.75, 3.05) is 7.05 Å². The van der Waals surface area contributed by atoms with Crippen LogP contribution in [0.25, 0.3) is 0 Å².